The molecule has 5 aromatic rings. The number of rotatable bonds is 4. The van der Waals surface area contributed by atoms with Gasteiger partial charge in [-0.05, 0) is 22.8 Å². The maximum atomic E-state index is 12.3. The van der Waals surface area contributed by atoms with Crippen LogP contribution < -0.4 is 0 Å². The third-order valence-electron chi connectivity index (χ3n) is 5.51. The number of fused-ring (bicyclic) bond motifs is 1. The minimum atomic E-state index is -1.31. The van der Waals surface area contributed by atoms with E-state index in [0.29, 0.717) is 0 Å². The fourth-order valence-electron chi connectivity index (χ4n) is 4.13. The van der Waals surface area contributed by atoms with Gasteiger partial charge in [0.2, 0.25) is 0 Å². The first kappa shape index (κ1) is 17.5. The molecular weight excluding hydrogens is 354 g/mol. The molecule has 0 aliphatic carbocycles. The lowest BCUT2D eigenvalue weighted by Gasteiger charge is -2.30. The molecule has 29 heavy (non-hydrogen) atoms. The fourth-order valence-corrected chi connectivity index (χ4v) is 4.13. The zero-order valence-corrected chi connectivity index (χ0v) is 15.9. The van der Waals surface area contributed by atoms with E-state index in [0.717, 1.165) is 38.9 Å². The molecule has 2 heteroatoms. The van der Waals surface area contributed by atoms with Crippen LogP contribution in [0.25, 0.3) is 22.0 Å². The molecule has 0 saturated carbocycles. The predicted molar refractivity (Wildman–Crippen MR) is 119 cm³/mol. The lowest BCUT2D eigenvalue weighted by Crippen LogP contribution is -2.30. The molecular formula is C27H21NO. The Bertz CT molecular complexity index is 1200. The predicted octanol–water partition coefficient (Wildman–Crippen LogP) is 6.12. The highest BCUT2D eigenvalue weighted by Crippen LogP contribution is 2.44. The van der Waals surface area contributed by atoms with E-state index in [1.54, 1.807) is 0 Å². The molecule has 2 nitrogen and oxygen atoms in total. The van der Waals surface area contributed by atoms with E-state index in [-0.39, 0.29) is 0 Å². The number of hydrogen-bond acceptors (Lipinski definition) is 1. The number of para-hydroxylation sites is 1. The molecule has 0 aliphatic heterocycles. The van der Waals surface area contributed by atoms with Gasteiger partial charge in [0.25, 0.3) is 0 Å². The van der Waals surface area contributed by atoms with Crippen LogP contribution in [-0.4, -0.2) is 10.1 Å². The van der Waals surface area contributed by atoms with Crippen molar-refractivity contribution in [1.82, 2.24) is 4.98 Å². The molecule has 0 atom stereocenters. The molecule has 0 spiro atoms. The molecule has 1 heterocycles. The van der Waals surface area contributed by atoms with E-state index in [1.165, 1.54) is 0 Å². The Balaban J connectivity index is 1.89. The summed E-state index contributed by atoms with van der Waals surface area (Å²) in [7, 11) is 0. The Morgan fingerprint density at radius 1 is 0.552 bits per heavy atom. The molecule has 4 aromatic carbocycles. The standard InChI is InChI=1S/C27H21NO/c29-27(21-14-6-2-7-15-21,22-16-8-3-9-17-22)26-25(20-12-4-1-5-13-20)23-18-10-11-19-24(23)28-26/h1-19,28-29H. The molecule has 1 aromatic heterocycles. The Labute approximate surface area is 170 Å². The summed E-state index contributed by atoms with van der Waals surface area (Å²) in [5, 5.41) is 13.4. The van der Waals surface area contributed by atoms with Gasteiger partial charge in [0.1, 0.15) is 0 Å². The average Bonchev–Trinajstić information content (AvgIpc) is 3.20. The molecule has 0 amide bonds. The molecule has 0 fully saturated rings. The minimum absolute atomic E-state index is 0.780. The summed E-state index contributed by atoms with van der Waals surface area (Å²) in [6.07, 6.45) is 0. The van der Waals surface area contributed by atoms with Gasteiger partial charge in [-0.1, -0.05) is 109 Å². The fraction of sp³-hybridized carbons (Fsp3) is 0.0370. The van der Waals surface area contributed by atoms with Crippen LogP contribution in [-0.2, 0) is 5.60 Å². The zero-order valence-electron chi connectivity index (χ0n) is 15.9. The second kappa shape index (κ2) is 7.08. The lowest BCUT2D eigenvalue weighted by atomic mass is 9.80. The smallest absolute Gasteiger partial charge is 0.155 e. The molecule has 0 radical (unpaired) electrons. The summed E-state index contributed by atoms with van der Waals surface area (Å²) in [6, 6.07) is 38.2. The van der Waals surface area contributed by atoms with Gasteiger partial charge in [0.05, 0.1) is 5.69 Å². The van der Waals surface area contributed by atoms with Gasteiger partial charge < -0.3 is 10.1 Å². The van der Waals surface area contributed by atoms with E-state index in [9.17, 15) is 5.11 Å². The van der Waals surface area contributed by atoms with Crippen molar-refractivity contribution >= 4 is 10.9 Å². The van der Waals surface area contributed by atoms with Crippen LogP contribution in [0.3, 0.4) is 0 Å². The molecule has 140 valence electrons. The summed E-state index contributed by atoms with van der Waals surface area (Å²) in [4.78, 5) is 3.55. The average molecular weight is 375 g/mol. The molecule has 0 unspecified atom stereocenters. The largest absolute Gasteiger partial charge is 0.375 e. The Hall–Kier alpha value is -3.62. The van der Waals surface area contributed by atoms with Gasteiger partial charge in [-0.3, -0.25) is 0 Å². The van der Waals surface area contributed by atoms with Crippen LogP contribution in [0.2, 0.25) is 0 Å². The van der Waals surface area contributed by atoms with Crippen molar-refractivity contribution in [2.24, 2.45) is 0 Å². The third kappa shape index (κ3) is 2.86. The first-order valence-corrected chi connectivity index (χ1v) is 9.78. The van der Waals surface area contributed by atoms with Crippen molar-refractivity contribution in [2.75, 3.05) is 0 Å². The topological polar surface area (TPSA) is 36.0 Å². The number of aromatic amines is 1. The SMILES string of the molecule is OC(c1ccccc1)(c1ccccc1)c1[nH]c2ccccc2c1-c1ccccc1. The number of H-pyrrole nitrogens is 1. The quantitative estimate of drug-likeness (QED) is 0.390. The van der Waals surface area contributed by atoms with Gasteiger partial charge in [-0.25, -0.2) is 0 Å². The van der Waals surface area contributed by atoms with Crippen molar-refractivity contribution in [3.8, 4) is 11.1 Å². The maximum absolute atomic E-state index is 12.3. The van der Waals surface area contributed by atoms with Crippen molar-refractivity contribution in [3.63, 3.8) is 0 Å². The van der Waals surface area contributed by atoms with Crippen LogP contribution >= 0.6 is 0 Å². The number of benzene rings is 4. The normalized spacial score (nSPS) is 11.6. The van der Waals surface area contributed by atoms with Gasteiger partial charge in [0, 0.05) is 16.5 Å². The van der Waals surface area contributed by atoms with Gasteiger partial charge >= 0.3 is 0 Å². The first-order chi connectivity index (χ1) is 14.3. The number of aliphatic hydroxyl groups is 1. The van der Waals surface area contributed by atoms with Gasteiger partial charge in [0.15, 0.2) is 5.60 Å². The van der Waals surface area contributed by atoms with Crippen molar-refractivity contribution < 1.29 is 5.11 Å². The molecule has 5 rings (SSSR count). The molecule has 0 saturated heterocycles. The van der Waals surface area contributed by atoms with Crippen molar-refractivity contribution in [1.29, 1.82) is 0 Å². The lowest BCUT2D eigenvalue weighted by molar-refractivity contribution is 0.122. The van der Waals surface area contributed by atoms with Crippen molar-refractivity contribution in [2.45, 2.75) is 5.60 Å². The second-order valence-electron chi connectivity index (χ2n) is 7.23. The number of aromatic nitrogens is 1. The molecule has 2 N–H and O–H groups in total. The highest BCUT2D eigenvalue weighted by Gasteiger charge is 2.38. The van der Waals surface area contributed by atoms with Crippen molar-refractivity contribution in [3.05, 3.63) is 132 Å². The molecule has 0 bridgehead atoms. The first-order valence-electron chi connectivity index (χ1n) is 9.78. The van der Waals surface area contributed by atoms with Crippen LogP contribution in [0.4, 0.5) is 0 Å². The molecule has 0 aliphatic rings. The van der Waals surface area contributed by atoms with Crippen LogP contribution in [0, 0.1) is 0 Å². The monoisotopic (exact) mass is 375 g/mol. The maximum Gasteiger partial charge on any atom is 0.155 e. The van der Waals surface area contributed by atoms with E-state index in [2.05, 4.69) is 29.2 Å². The summed E-state index contributed by atoms with van der Waals surface area (Å²) < 4.78 is 0. The van der Waals surface area contributed by atoms with Gasteiger partial charge in [-0.15, -0.1) is 0 Å². The Morgan fingerprint density at radius 3 is 1.62 bits per heavy atom. The Morgan fingerprint density at radius 2 is 1.03 bits per heavy atom. The second-order valence-corrected chi connectivity index (χ2v) is 7.23. The van der Waals surface area contributed by atoms with Gasteiger partial charge in [-0.2, -0.15) is 0 Å². The summed E-state index contributed by atoms with van der Waals surface area (Å²) in [5.41, 5.74) is 4.23. The minimum Gasteiger partial charge on any atom is -0.375 e. The van der Waals surface area contributed by atoms with E-state index in [1.807, 2.05) is 91.0 Å². The number of nitrogens with one attached hydrogen (secondary N) is 1. The highest BCUT2D eigenvalue weighted by atomic mass is 16.3. The highest BCUT2D eigenvalue weighted by molar-refractivity contribution is 5.98. The zero-order chi connectivity index (χ0) is 19.7. The Kier molecular flexibility index (Phi) is 4.27. The van der Waals surface area contributed by atoms with Crippen LogP contribution in [0.1, 0.15) is 16.8 Å². The van der Waals surface area contributed by atoms with Crippen LogP contribution in [0.5, 0.6) is 0 Å². The summed E-state index contributed by atoms with van der Waals surface area (Å²) >= 11 is 0. The summed E-state index contributed by atoms with van der Waals surface area (Å²) in [5.74, 6) is 0. The van der Waals surface area contributed by atoms with E-state index < -0.39 is 5.60 Å². The summed E-state index contributed by atoms with van der Waals surface area (Å²) in [6.45, 7) is 0. The third-order valence-corrected chi connectivity index (χ3v) is 5.51. The van der Waals surface area contributed by atoms with Crippen LogP contribution in [0.15, 0.2) is 115 Å². The van der Waals surface area contributed by atoms with E-state index in [4.69, 9.17) is 0 Å². The van der Waals surface area contributed by atoms with E-state index >= 15 is 0 Å². The number of hydrogen-bond donors (Lipinski definition) is 2.